The molecule has 0 saturated carbocycles. The molecule has 1 amide bonds. The second-order valence-electron chi connectivity index (χ2n) is 9.36. The predicted molar refractivity (Wildman–Crippen MR) is 149 cm³/mol. The van der Waals surface area contributed by atoms with Crippen LogP contribution in [0.5, 0.6) is 5.75 Å². The highest BCUT2D eigenvalue weighted by molar-refractivity contribution is 5.99. The Labute approximate surface area is 228 Å². The van der Waals surface area contributed by atoms with Crippen LogP contribution in [-0.4, -0.2) is 60.5 Å². The van der Waals surface area contributed by atoms with Gasteiger partial charge in [0.15, 0.2) is 6.19 Å². The van der Waals surface area contributed by atoms with E-state index in [1.807, 2.05) is 30.5 Å². The summed E-state index contributed by atoms with van der Waals surface area (Å²) >= 11 is 0. The number of guanidine groups is 1. The van der Waals surface area contributed by atoms with Gasteiger partial charge in [-0.3, -0.25) is 20.0 Å². The van der Waals surface area contributed by atoms with E-state index in [9.17, 15) is 10.1 Å². The smallest absolute Gasteiger partial charge is 0.254 e. The largest absolute Gasteiger partial charge is 0.494 e. The molecular formula is C29H34N8O2. The molecule has 3 N–H and O–H groups in total. The maximum atomic E-state index is 12.6. The van der Waals surface area contributed by atoms with Crippen molar-refractivity contribution in [3.05, 3.63) is 71.5 Å². The van der Waals surface area contributed by atoms with Gasteiger partial charge in [0.1, 0.15) is 11.8 Å². The average molecular weight is 527 g/mol. The summed E-state index contributed by atoms with van der Waals surface area (Å²) in [6.07, 6.45) is 9.88. The molecular weight excluding hydrogens is 492 g/mol. The molecule has 3 heterocycles. The number of hydrogen-bond acceptors (Lipinski definition) is 6. The molecule has 10 heteroatoms. The van der Waals surface area contributed by atoms with Gasteiger partial charge in [-0.1, -0.05) is 24.6 Å². The Hall–Kier alpha value is -4.54. The molecule has 1 aliphatic heterocycles. The number of aliphatic imine (C=N–C) groups is 1. The SMILES string of the molecule is N#CNC(=NCCCOc1cccc(CN2CCCCC2)c1)NCCNC(=O)c1cn2ccccc2c1C#N. The lowest BCUT2D eigenvalue weighted by Crippen LogP contribution is -2.40. The standard InChI is InChI=1S/C29H34N8O2/c30-19-25-26(21-37-16-5-2-10-27(25)37)28(38)32-12-13-34-29(35-22-31)33-11-7-17-39-24-9-6-8-23(18-24)20-36-14-3-1-4-15-36/h2,5-6,8-10,16,18,21H,1,3-4,7,11-15,17,20H2,(H,32,38)(H2,33,34,35). The molecule has 0 aliphatic carbocycles. The van der Waals surface area contributed by atoms with Crippen molar-refractivity contribution >= 4 is 17.4 Å². The third-order valence-corrected chi connectivity index (χ3v) is 6.51. The van der Waals surface area contributed by atoms with Crippen LogP contribution in [0, 0.1) is 22.8 Å². The lowest BCUT2D eigenvalue weighted by Gasteiger charge is -2.26. The minimum atomic E-state index is -0.332. The van der Waals surface area contributed by atoms with Gasteiger partial charge in [0, 0.05) is 45.0 Å². The number of aromatic nitrogens is 1. The lowest BCUT2D eigenvalue weighted by molar-refractivity contribution is 0.0954. The predicted octanol–water partition coefficient (Wildman–Crippen LogP) is 3.01. The number of ether oxygens (including phenoxy) is 1. The first kappa shape index (κ1) is 27.5. The van der Waals surface area contributed by atoms with Crippen molar-refractivity contribution in [1.82, 2.24) is 25.3 Å². The van der Waals surface area contributed by atoms with E-state index in [0.717, 1.165) is 25.4 Å². The van der Waals surface area contributed by atoms with Gasteiger partial charge in [-0.05, 0) is 55.8 Å². The fourth-order valence-corrected chi connectivity index (χ4v) is 4.61. The van der Waals surface area contributed by atoms with Crippen molar-refractivity contribution in [2.45, 2.75) is 32.2 Å². The Morgan fingerprint density at radius 2 is 1.90 bits per heavy atom. The van der Waals surface area contributed by atoms with Crippen LogP contribution >= 0.6 is 0 Å². The quantitative estimate of drug-likeness (QED) is 0.115. The molecule has 1 aromatic carbocycles. The zero-order chi connectivity index (χ0) is 27.3. The molecule has 0 spiro atoms. The van der Waals surface area contributed by atoms with E-state index in [0.29, 0.717) is 55.3 Å². The van der Waals surface area contributed by atoms with Gasteiger partial charge in [0.2, 0.25) is 5.96 Å². The first-order chi connectivity index (χ1) is 19.2. The zero-order valence-electron chi connectivity index (χ0n) is 22.0. The summed E-state index contributed by atoms with van der Waals surface area (Å²) in [6.45, 7) is 4.91. The first-order valence-corrected chi connectivity index (χ1v) is 13.3. The van der Waals surface area contributed by atoms with Gasteiger partial charge < -0.3 is 19.8 Å². The minimum Gasteiger partial charge on any atom is -0.494 e. The molecule has 39 heavy (non-hydrogen) atoms. The summed E-state index contributed by atoms with van der Waals surface area (Å²) in [5, 5.41) is 26.9. The summed E-state index contributed by atoms with van der Waals surface area (Å²) in [4.78, 5) is 19.5. The summed E-state index contributed by atoms with van der Waals surface area (Å²) in [5.74, 6) is 0.858. The van der Waals surface area contributed by atoms with Gasteiger partial charge >= 0.3 is 0 Å². The van der Waals surface area contributed by atoms with Crippen LogP contribution in [0.3, 0.4) is 0 Å². The van der Waals surface area contributed by atoms with Crippen molar-refractivity contribution in [3.63, 3.8) is 0 Å². The van der Waals surface area contributed by atoms with Crippen LogP contribution in [0.15, 0.2) is 59.9 Å². The maximum Gasteiger partial charge on any atom is 0.254 e. The molecule has 0 unspecified atom stereocenters. The third-order valence-electron chi connectivity index (χ3n) is 6.51. The highest BCUT2D eigenvalue weighted by Gasteiger charge is 2.16. The fourth-order valence-electron chi connectivity index (χ4n) is 4.61. The molecule has 0 radical (unpaired) electrons. The minimum absolute atomic E-state index is 0.291. The summed E-state index contributed by atoms with van der Waals surface area (Å²) in [5.41, 5.74) is 2.61. The number of rotatable bonds is 11. The first-order valence-electron chi connectivity index (χ1n) is 13.3. The van der Waals surface area contributed by atoms with Crippen LogP contribution in [0.2, 0.25) is 0 Å². The topological polar surface area (TPSA) is 130 Å². The van der Waals surface area contributed by atoms with E-state index in [1.165, 1.54) is 24.8 Å². The molecule has 1 fully saturated rings. The van der Waals surface area contributed by atoms with E-state index >= 15 is 0 Å². The van der Waals surface area contributed by atoms with E-state index in [1.54, 1.807) is 22.9 Å². The van der Waals surface area contributed by atoms with Crippen molar-refractivity contribution in [3.8, 4) is 18.0 Å². The second-order valence-corrected chi connectivity index (χ2v) is 9.36. The molecule has 2 aromatic heterocycles. The van der Waals surface area contributed by atoms with Crippen molar-refractivity contribution < 1.29 is 9.53 Å². The molecule has 3 aromatic rings. The van der Waals surface area contributed by atoms with Crippen LogP contribution in [0.25, 0.3) is 5.52 Å². The number of fused-ring (bicyclic) bond motifs is 1. The molecule has 1 aliphatic rings. The molecule has 0 atom stereocenters. The lowest BCUT2D eigenvalue weighted by atomic mass is 10.1. The number of carbonyl (C=O) groups excluding carboxylic acids is 1. The number of carbonyl (C=O) groups is 1. The number of likely N-dealkylation sites (tertiary alicyclic amines) is 1. The normalized spacial score (nSPS) is 13.8. The Balaban J connectivity index is 1.17. The van der Waals surface area contributed by atoms with Gasteiger partial charge in [0.05, 0.1) is 23.3 Å². The van der Waals surface area contributed by atoms with Crippen LogP contribution in [0.4, 0.5) is 0 Å². The summed E-state index contributed by atoms with van der Waals surface area (Å²) in [6, 6.07) is 15.8. The number of nitrogens with zero attached hydrogens (tertiary/aromatic N) is 5. The molecule has 4 rings (SSSR count). The highest BCUT2D eigenvalue weighted by atomic mass is 16.5. The number of benzene rings is 1. The van der Waals surface area contributed by atoms with E-state index in [-0.39, 0.29) is 5.91 Å². The number of amides is 1. The van der Waals surface area contributed by atoms with Gasteiger partial charge in [-0.25, -0.2) is 0 Å². The van der Waals surface area contributed by atoms with Gasteiger partial charge in [0.25, 0.3) is 5.91 Å². The molecule has 1 saturated heterocycles. The molecule has 10 nitrogen and oxygen atoms in total. The van der Waals surface area contributed by atoms with E-state index in [2.05, 4.69) is 44.0 Å². The van der Waals surface area contributed by atoms with Crippen LogP contribution in [0.1, 0.15) is 47.2 Å². The number of pyridine rings is 1. The fraction of sp³-hybridized carbons (Fsp3) is 0.379. The number of hydrogen-bond donors (Lipinski definition) is 3. The highest BCUT2D eigenvalue weighted by Crippen LogP contribution is 2.18. The Bertz CT molecular complexity index is 1360. The molecule has 0 bridgehead atoms. The zero-order valence-corrected chi connectivity index (χ0v) is 22.0. The van der Waals surface area contributed by atoms with Crippen LogP contribution < -0.4 is 20.7 Å². The summed E-state index contributed by atoms with van der Waals surface area (Å²) in [7, 11) is 0. The number of nitriles is 2. The van der Waals surface area contributed by atoms with Crippen LogP contribution in [-0.2, 0) is 6.54 Å². The number of piperidine rings is 1. The Morgan fingerprint density at radius 1 is 1.05 bits per heavy atom. The van der Waals surface area contributed by atoms with Crippen molar-refractivity contribution in [1.29, 1.82) is 10.5 Å². The van der Waals surface area contributed by atoms with Crippen molar-refractivity contribution in [2.24, 2.45) is 4.99 Å². The third kappa shape index (κ3) is 7.97. The maximum absolute atomic E-state index is 12.6. The average Bonchev–Trinajstić information content (AvgIpc) is 3.34. The Morgan fingerprint density at radius 3 is 2.72 bits per heavy atom. The van der Waals surface area contributed by atoms with Gasteiger partial charge in [-0.2, -0.15) is 10.5 Å². The van der Waals surface area contributed by atoms with E-state index in [4.69, 9.17) is 10.00 Å². The van der Waals surface area contributed by atoms with Gasteiger partial charge in [-0.15, -0.1) is 0 Å². The Kier molecular flexibility index (Phi) is 10.2. The summed E-state index contributed by atoms with van der Waals surface area (Å²) < 4.78 is 7.67. The molecule has 202 valence electrons. The number of nitrogens with one attached hydrogen (secondary N) is 3. The van der Waals surface area contributed by atoms with Crippen molar-refractivity contribution in [2.75, 3.05) is 39.3 Å². The van der Waals surface area contributed by atoms with E-state index < -0.39 is 0 Å². The monoisotopic (exact) mass is 526 g/mol. The second kappa shape index (κ2) is 14.4.